The minimum atomic E-state index is -0.418. The highest BCUT2D eigenvalue weighted by atomic mass is 16.5. The summed E-state index contributed by atoms with van der Waals surface area (Å²) in [4.78, 5) is 25.8. The predicted octanol–water partition coefficient (Wildman–Crippen LogP) is 7.37. The van der Waals surface area contributed by atoms with E-state index in [-0.39, 0.29) is 23.9 Å². The molecular formula is C32H36O5. The summed E-state index contributed by atoms with van der Waals surface area (Å²) >= 11 is 0. The van der Waals surface area contributed by atoms with Gasteiger partial charge in [-0.2, -0.15) is 0 Å². The Morgan fingerprint density at radius 1 is 0.973 bits per heavy atom. The maximum atomic E-state index is 13.4. The second-order valence-corrected chi connectivity index (χ2v) is 10.3. The molecule has 0 saturated carbocycles. The first kappa shape index (κ1) is 26.5. The predicted molar refractivity (Wildman–Crippen MR) is 144 cm³/mol. The summed E-state index contributed by atoms with van der Waals surface area (Å²) in [5, 5.41) is 0. The molecule has 3 aromatic rings. The molecule has 0 saturated heterocycles. The number of unbranched alkanes of at least 4 members (excludes halogenated alkanes) is 2. The van der Waals surface area contributed by atoms with Gasteiger partial charge in [0.1, 0.15) is 18.1 Å². The van der Waals surface area contributed by atoms with Crippen LogP contribution in [0.5, 0.6) is 11.5 Å². The molecule has 0 spiro atoms. The molecule has 3 aromatic carbocycles. The van der Waals surface area contributed by atoms with Gasteiger partial charge < -0.3 is 14.2 Å². The maximum Gasteiger partial charge on any atom is 0.338 e. The smallest absolute Gasteiger partial charge is 0.338 e. The number of hydrogen-bond acceptors (Lipinski definition) is 5. The molecule has 0 N–H and O–H groups in total. The molecule has 5 nitrogen and oxygen atoms in total. The van der Waals surface area contributed by atoms with Crippen molar-refractivity contribution in [2.45, 2.75) is 70.8 Å². The van der Waals surface area contributed by atoms with Crippen LogP contribution in [0.1, 0.15) is 85.8 Å². The summed E-state index contributed by atoms with van der Waals surface area (Å²) in [6.07, 6.45) is 4.74. The molecule has 1 unspecified atom stereocenters. The Morgan fingerprint density at radius 2 is 1.73 bits per heavy atom. The first-order valence-corrected chi connectivity index (χ1v) is 13.2. The van der Waals surface area contributed by atoms with Crippen LogP contribution >= 0.6 is 0 Å². The van der Waals surface area contributed by atoms with E-state index in [1.807, 2.05) is 42.5 Å². The summed E-state index contributed by atoms with van der Waals surface area (Å²) in [6, 6.07) is 22.2. The molecule has 0 aliphatic carbocycles. The lowest BCUT2D eigenvalue weighted by Gasteiger charge is -2.33. The Hall–Kier alpha value is -3.60. The van der Waals surface area contributed by atoms with Crippen molar-refractivity contribution in [1.29, 1.82) is 0 Å². The average Bonchev–Trinajstić information content (AvgIpc) is 2.90. The van der Waals surface area contributed by atoms with Gasteiger partial charge in [0.25, 0.3) is 0 Å². The number of fused-ring (bicyclic) bond motifs is 1. The third kappa shape index (κ3) is 6.79. The quantitative estimate of drug-likeness (QED) is 0.165. The molecule has 1 atom stereocenters. The molecule has 5 heteroatoms. The molecule has 1 heterocycles. The van der Waals surface area contributed by atoms with Gasteiger partial charge in [-0.1, -0.05) is 82.5 Å². The van der Waals surface area contributed by atoms with E-state index in [1.54, 1.807) is 24.3 Å². The highest BCUT2D eigenvalue weighted by Crippen LogP contribution is 2.40. The zero-order chi connectivity index (χ0) is 26.3. The monoisotopic (exact) mass is 500 g/mol. The topological polar surface area (TPSA) is 61.8 Å². The van der Waals surface area contributed by atoms with E-state index in [0.717, 1.165) is 54.5 Å². The molecule has 0 bridgehead atoms. The van der Waals surface area contributed by atoms with E-state index in [0.29, 0.717) is 17.9 Å². The van der Waals surface area contributed by atoms with Crippen LogP contribution in [0.4, 0.5) is 0 Å². The van der Waals surface area contributed by atoms with Crippen molar-refractivity contribution in [3.05, 3.63) is 95.1 Å². The van der Waals surface area contributed by atoms with Gasteiger partial charge in [0.2, 0.25) is 0 Å². The highest BCUT2D eigenvalue weighted by Gasteiger charge is 2.31. The summed E-state index contributed by atoms with van der Waals surface area (Å²) in [6.45, 7) is 7.50. The number of benzene rings is 3. The Labute approximate surface area is 219 Å². The van der Waals surface area contributed by atoms with Gasteiger partial charge in [-0.05, 0) is 59.7 Å². The van der Waals surface area contributed by atoms with Crippen molar-refractivity contribution in [1.82, 2.24) is 0 Å². The Morgan fingerprint density at radius 3 is 2.46 bits per heavy atom. The minimum absolute atomic E-state index is 0.00752. The fourth-order valence-electron chi connectivity index (χ4n) is 4.64. The van der Waals surface area contributed by atoms with Crippen molar-refractivity contribution < 1.29 is 23.8 Å². The molecular weight excluding hydrogens is 464 g/mol. The summed E-state index contributed by atoms with van der Waals surface area (Å²) in [5.74, 6) is 0.232. The molecule has 0 aromatic heterocycles. The first-order chi connectivity index (χ1) is 17.9. The second-order valence-electron chi connectivity index (χ2n) is 10.3. The van der Waals surface area contributed by atoms with Crippen LogP contribution in [0.15, 0.2) is 72.8 Å². The minimum Gasteiger partial charge on any atom is -0.493 e. The number of carbonyl (C=O) groups is 2. The Kier molecular flexibility index (Phi) is 8.65. The van der Waals surface area contributed by atoms with Crippen LogP contribution in [0, 0.1) is 0 Å². The maximum absolute atomic E-state index is 13.4. The lowest BCUT2D eigenvalue weighted by molar-refractivity contribution is -0.136. The van der Waals surface area contributed by atoms with Gasteiger partial charge in [0, 0.05) is 5.56 Å². The van der Waals surface area contributed by atoms with Crippen LogP contribution < -0.4 is 9.47 Å². The highest BCUT2D eigenvalue weighted by molar-refractivity contribution is 5.89. The normalized spacial score (nSPS) is 14.7. The summed E-state index contributed by atoms with van der Waals surface area (Å²) in [5.41, 5.74) is 3.43. The number of rotatable bonds is 10. The SMILES string of the molecule is CCCCCC(C(=O)Oc1ccc(C(=O)OCc2ccccc2)cc1)c1ccc2c(c1)C(C)(C)CCO2. The third-order valence-electron chi connectivity index (χ3n) is 7.02. The van der Waals surface area contributed by atoms with Crippen molar-refractivity contribution >= 4 is 11.9 Å². The van der Waals surface area contributed by atoms with E-state index in [9.17, 15) is 9.59 Å². The Balaban J connectivity index is 1.45. The van der Waals surface area contributed by atoms with Gasteiger partial charge >= 0.3 is 11.9 Å². The van der Waals surface area contributed by atoms with Gasteiger partial charge in [0.05, 0.1) is 18.1 Å². The molecule has 37 heavy (non-hydrogen) atoms. The van der Waals surface area contributed by atoms with Crippen LogP contribution in [-0.4, -0.2) is 18.5 Å². The average molecular weight is 501 g/mol. The van der Waals surface area contributed by atoms with E-state index >= 15 is 0 Å². The zero-order valence-electron chi connectivity index (χ0n) is 22.0. The summed E-state index contributed by atoms with van der Waals surface area (Å²) in [7, 11) is 0. The van der Waals surface area contributed by atoms with Crippen molar-refractivity contribution in [3.63, 3.8) is 0 Å². The fourth-order valence-corrected chi connectivity index (χ4v) is 4.64. The van der Waals surface area contributed by atoms with Crippen molar-refractivity contribution in [2.75, 3.05) is 6.61 Å². The van der Waals surface area contributed by atoms with Crippen LogP contribution in [-0.2, 0) is 21.6 Å². The van der Waals surface area contributed by atoms with Gasteiger partial charge in [-0.25, -0.2) is 4.79 Å². The molecule has 194 valence electrons. The van der Waals surface area contributed by atoms with Crippen LogP contribution in [0.2, 0.25) is 0 Å². The summed E-state index contributed by atoms with van der Waals surface area (Å²) < 4.78 is 17.1. The van der Waals surface area contributed by atoms with E-state index in [4.69, 9.17) is 14.2 Å². The van der Waals surface area contributed by atoms with Gasteiger partial charge in [0.15, 0.2) is 0 Å². The molecule has 4 rings (SSSR count). The first-order valence-electron chi connectivity index (χ1n) is 13.2. The zero-order valence-corrected chi connectivity index (χ0v) is 22.0. The van der Waals surface area contributed by atoms with Crippen molar-refractivity contribution in [2.24, 2.45) is 0 Å². The largest absolute Gasteiger partial charge is 0.493 e. The van der Waals surface area contributed by atoms with E-state index in [1.165, 1.54) is 0 Å². The van der Waals surface area contributed by atoms with Gasteiger partial charge in [-0.3, -0.25) is 4.79 Å². The van der Waals surface area contributed by atoms with Crippen molar-refractivity contribution in [3.8, 4) is 11.5 Å². The van der Waals surface area contributed by atoms with Gasteiger partial charge in [-0.15, -0.1) is 0 Å². The number of hydrogen-bond donors (Lipinski definition) is 0. The Bertz CT molecular complexity index is 1200. The van der Waals surface area contributed by atoms with Crippen LogP contribution in [0.25, 0.3) is 0 Å². The molecule has 0 radical (unpaired) electrons. The second kappa shape index (κ2) is 12.1. The third-order valence-corrected chi connectivity index (χ3v) is 7.02. The number of carbonyl (C=O) groups excluding carboxylic acids is 2. The molecule has 1 aliphatic heterocycles. The molecule has 1 aliphatic rings. The number of ether oxygens (including phenoxy) is 3. The lowest BCUT2D eigenvalue weighted by atomic mass is 9.78. The molecule has 0 amide bonds. The number of esters is 2. The fraction of sp³-hybridized carbons (Fsp3) is 0.375. The van der Waals surface area contributed by atoms with E-state index in [2.05, 4.69) is 26.8 Å². The van der Waals surface area contributed by atoms with Crippen LogP contribution in [0.3, 0.4) is 0 Å². The molecule has 0 fully saturated rings. The lowest BCUT2D eigenvalue weighted by Crippen LogP contribution is -2.27. The van der Waals surface area contributed by atoms with E-state index < -0.39 is 5.97 Å². The standard InChI is InChI=1S/C32H36O5/c1-4-5-7-12-27(25-15-18-29-28(21-25)32(2,3)19-20-35-29)31(34)37-26-16-13-24(14-17-26)30(33)36-22-23-10-8-6-9-11-23/h6,8-11,13-18,21,27H,4-5,7,12,19-20,22H2,1-3H3.